The second kappa shape index (κ2) is 13.5. The van der Waals surface area contributed by atoms with Gasteiger partial charge in [0.05, 0.1) is 13.2 Å². The van der Waals surface area contributed by atoms with Crippen molar-refractivity contribution in [3.8, 4) is 5.75 Å². The van der Waals surface area contributed by atoms with Crippen molar-refractivity contribution in [2.75, 3.05) is 19.9 Å². The van der Waals surface area contributed by atoms with Crippen molar-refractivity contribution < 1.29 is 43.6 Å². The normalized spacial score (nSPS) is 27.4. The molecule has 2 bridgehead atoms. The van der Waals surface area contributed by atoms with E-state index in [-0.39, 0.29) is 57.0 Å². The molecule has 2 amide bonds. The second-order valence-corrected chi connectivity index (χ2v) is 12.4. The van der Waals surface area contributed by atoms with Crippen LogP contribution in [0.15, 0.2) is 78.9 Å². The molecule has 3 heterocycles. The highest BCUT2D eigenvalue weighted by Gasteiger charge is 2.74. The molecule has 12 nitrogen and oxygen atoms in total. The molecule has 3 saturated heterocycles. The number of esters is 1. The molecule has 1 saturated carbocycles. The summed E-state index contributed by atoms with van der Waals surface area (Å²) in [6.45, 7) is 0.257. The average Bonchev–Trinajstić information content (AvgIpc) is 3.73. The number of carbonyl (C=O) groups is 3. The third-order valence-electron chi connectivity index (χ3n) is 9.54. The average molecular weight is 656 g/mol. The first-order valence-electron chi connectivity index (χ1n) is 16.0. The molecule has 0 radical (unpaired) electrons. The summed E-state index contributed by atoms with van der Waals surface area (Å²) in [7, 11) is 0. The molecule has 0 aromatic heterocycles. The van der Waals surface area contributed by atoms with E-state index in [1.807, 2.05) is 48.6 Å². The maximum atomic E-state index is 14.4. The number of hydrogen-bond donors (Lipinski definition) is 4. The van der Waals surface area contributed by atoms with E-state index in [0.717, 1.165) is 16.7 Å². The quantitative estimate of drug-likeness (QED) is 0.226. The molecule has 1 aliphatic carbocycles. The molecule has 4 aliphatic rings. The van der Waals surface area contributed by atoms with Gasteiger partial charge in [-0.15, -0.1) is 0 Å². The topological polar surface area (TPSA) is 156 Å². The van der Waals surface area contributed by atoms with Crippen molar-refractivity contribution in [2.45, 2.75) is 56.4 Å². The minimum atomic E-state index is -1.32. The van der Waals surface area contributed by atoms with Gasteiger partial charge in [-0.3, -0.25) is 19.2 Å². The monoisotopic (exact) mass is 655 g/mol. The van der Waals surface area contributed by atoms with Gasteiger partial charge >= 0.3 is 5.97 Å². The summed E-state index contributed by atoms with van der Waals surface area (Å²) >= 11 is 0. The summed E-state index contributed by atoms with van der Waals surface area (Å²) in [5.74, 6) is -1.04. The van der Waals surface area contributed by atoms with Gasteiger partial charge in [-0.05, 0) is 46.9 Å². The molecule has 250 valence electrons. The third-order valence-corrected chi connectivity index (χ3v) is 9.54. The Morgan fingerprint density at radius 3 is 2.60 bits per heavy atom. The first-order chi connectivity index (χ1) is 23.4. The Balaban J connectivity index is 1.14. The van der Waals surface area contributed by atoms with Gasteiger partial charge in [0.1, 0.15) is 42.4 Å². The largest absolute Gasteiger partial charge is 0.508 e. The molecule has 0 spiro atoms. The number of rotatable bonds is 11. The van der Waals surface area contributed by atoms with Crippen LogP contribution in [0.5, 0.6) is 5.75 Å². The Labute approximate surface area is 277 Å². The van der Waals surface area contributed by atoms with E-state index in [1.165, 1.54) is 0 Å². The van der Waals surface area contributed by atoms with Gasteiger partial charge in [-0.2, -0.15) is 5.06 Å². The lowest BCUT2D eigenvalue weighted by molar-refractivity contribution is -0.201. The number of ether oxygens (including phenoxy) is 3. The number of aromatic hydroxyl groups is 1. The first-order valence-corrected chi connectivity index (χ1v) is 16.0. The second-order valence-electron chi connectivity index (χ2n) is 12.4. The van der Waals surface area contributed by atoms with E-state index in [2.05, 4.69) is 10.6 Å². The number of benzene rings is 3. The van der Waals surface area contributed by atoms with Crippen molar-refractivity contribution in [2.24, 2.45) is 5.41 Å². The minimum Gasteiger partial charge on any atom is -0.508 e. The Kier molecular flexibility index (Phi) is 8.99. The summed E-state index contributed by atoms with van der Waals surface area (Å²) in [5.41, 5.74) is 2.33. The van der Waals surface area contributed by atoms with E-state index in [0.29, 0.717) is 17.5 Å². The molecule has 4 N–H and O–H groups in total. The molecule has 4 fully saturated rings. The molecule has 0 unspecified atom stereocenters. The van der Waals surface area contributed by atoms with Gasteiger partial charge in [0, 0.05) is 25.1 Å². The molecule has 6 atom stereocenters. The fourth-order valence-electron chi connectivity index (χ4n) is 7.28. The number of nitrogens with one attached hydrogen (secondary N) is 2. The molecule has 7 rings (SSSR count). The Bertz CT molecular complexity index is 1730. The minimum absolute atomic E-state index is 0.00133. The number of para-hydroxylation sites is 1. The number of aliphatic hydroxyl groups excluding tert-OH is 1. The van der Waals surface area contributed by atoms with Crippen LogP contribution in [-0.4, -0.2) is 83.5 Å². The van der Waals surface area contributed by atoms with Gasteiger partial charge in [-0.25, -0.2) is 0 Å². The van der Waals surface area contributed by atoms with E-state index in [4.69, 9.17) is 24.2 Å². The predicted octanol–water partition coefficient (Wildman–Crippen LogP) is 2.23. The van der Waals surface area contributed by atoms with E-state index in [9.17, 15) is 19.5 Å². The molecule has 12 heteroatoms. The maximum Gasteiger partial charge on any atom is 0.327 e. The highest BCUT2D eigenvalue weighted by atomic mass is 16.8. The number of hydroxylamine groups is 2. The summed E-state index contributed by atoms with van der Waals surface area (Å²) in [6.07, 6.45) is 2.00. The summed E-state index contributed by atoms with van der Waals surface area (Å²) < 4.78 is 17.7. The van der Waals surface area contributed by atoms with Crippen molar-refractivity contribution >= 4 is 23.9 Å². The van der Waals surface area contributed by atoms with Crippen LogP contribution in [-0.2, 0) is 48.1 Å². The number of hydrogen-bond acceptors (Lipinski definition) is 10. The number of phenols is 1. The number of fused-ring (bicyclic) bond motifs is 4. The summed E-state index contributed by atoms with van der Waals surface area (Å²) in [5, 5.41) is 26.4. The number of aliphatic hydroxyl groups is 1. The smallest absolute Gasteiger partial charge is 0.327 e. The number of allylic oxidation sites excluding steroid dienone is 1. The Morgan fingerprint density at radius 2 is 1.77 bits per heavy atom. The van der Waals surface area contributed by atoms with Gasteiger partial charge in [0.25, 0.3) is 5.91 Å². The third kappa shape index (κ3) is 5.86. The summed E-state index contributed by atoms with van der Waals surface area (Å²) in [6, 6.07) is 20.7. The van der Waals surface area contributed by atoms with Crippen molar-refractivity contribution in [1.29, 1.82) is 0 Å². The predicted molar refractivity (Wildman–Crippen MR) is 171 cm³/mol. The first kappa shape index (κ1) is 32.0. The Hall–Kier alpha value is -4.59. The number of carbonyl (C=O) groups excluding carboxylic acids is 3. The number of amides is 2. The fraction of sp³-hybridized carbons (Fsp3) is 0.361. The van der Waals surface area contributed by atoms with Crippen LogP contribution in [0.2, 0.25) is 0 Å². The molecular weight excluding hydrogens is 618 g/mol. The number of phenolic OH excluding ortho intramolecular Hbond substituents is 1. The maximum absolute atomic E-state index is 14.4. The zero-order valence-electron chi connectivity index (χ0n) is 26.1. The van der Waals surface area contributed by atoms with Crippen LogP contribution >= 0.6 is 0 Å². The standard InChI is InChI=1S/C36H37N3O9/c40-16-15-37-33(42)25-13-5-7-22(17-25)19-38-35(44)36-18-28-29-30(46-21-45-29)32(36)48-39(31(36)34(43)47-28)20-26-10-2-1-8-23(26)11-6-12-24-9-3-4-14-27(24)41/h1-11,13-14,17,28-32,40-41H,12,15-16,18-21H2,(H,37,42)(H,38,44)/t28-,29+,30+,31+,32-,36+/m1/s1. The Morgan fingerprint density at radius 1 is 0.979 bits per heavy atom. The van der Waals surface area contributed by atoms with Crippen LogP contribution in [0.4, 0.5) is 0 Å². The van der Waals surface area contributed by atoms with Crippen molar-refractivity contribution in [1.82, 2.24) is 15.7 Å². The molecule has 3 aromatic rings. The van der Waals surface area contributed by atoms with Gasteiger partial charge in [0.2, 0.25) is 5.91 Å². The molecule has 3 aliphatic heterocycles. The zero-order valence-corrected chi connectivity index (χ0v) is 26.1. The lowest BCUT2D eigenvalue weighted by Gasteiger charge is -2.48. The highest BCUT2D eigenvalue weighted by molar-refractivity contribution is 5.95. The molecule has 48 heavy (non-hydrogen) atoms. The lowest BCUT2D eigenvalue weighted by atomic mass is 9.62. The van der Waals surface area contributed by atoms with E-state index >= 15 is 0 Å². The van der Waals surface area contributed by atoms with Crippen LogP contribution < -0.4 is 10.6 Å². The van der Waals surface area contributed by atoms with Gasteiger partial charge in [-0.1, -0.05) is 66.7 Å². The highest BCUT2D eigenvalue weighted by Crippen LogP contribution is 2.55. The molecule has 3 aromatic carbocycles. The van der Waals surface area contributed by atoms with E-state index in [1.54, 1.807) is 41.5 Å². The van der Waals surface area contributed by atoms with Gasteiger partial charge in [0.15, 0.2) is 6.04 Å². The van der Waals surface area contributed by atoms with Gasteiger partial charge < -0.3 is 35.1 Å². The molecular formula is C36H37N3O9. The summed E-state index contributed by atoms with van der Waals surface area (Å²) in [4.78, 5) is 47.1. The SMILES string of the molecule is O=C(NCCO)c1cccc(CNC(=O)[C@@]23C[C@H]4OC(=O)[C@@H]2N(Cc2ccccc2C=CCc2ccccc2O)O[C@@H]3[C@H]2OCO[C@H]24)c1. The lowest BCUT2D eigenvalue weighted by Crippen LogP contribution is -2.69. The number of nitrogens with zero attached hydrogens (tertiary/aromatic N) is 1. The zero-order chi connectivity index (χ0) is 33.3. The van der Waals surface area contributed by atoms with Crippen LogP contribution in [0.3, 0.4) is 0 Å². The van der Waals surface area contributed by atoms with Crippen molar-refractivity contribution in [3.05, 3.63) is 107 Å². The fourth-order valence-corrected chi connectivity index (χ4v) is 7.28. The van der Waals surface area contributed by atoms with Crippen LogP contribution in [0, 0.1) is 5.41 Å². The van der Waals surface area contributed by atoms with Crippen LogP contribution in [0.1, 0.15) is 39.0 Å². The van der Waals surface area contributed by atoms with E-state index < -0.39 is 41.8 Å². The van der Waals surface area contributed by atoms with Crippen molar-refractivity contribution in [3.63, 3.8) is 0 Å². The van der Waals surface area contributed by atoms with Crippen LogP contribution in [0.25, 0.3) is 6.08 Å².